The number of hydrogen-bond donors (Lipinski definition) is 0. The summed E-state index contributed by atoms with van der Waals surface area (Å²) < 4.78 is 5.44. The predicted octanol–water partition coefficient (Wildman–Crippen LogP) is 3.99. The van der Waals surface area contributed by atoms with Crippen molar-refractivity contribution in [1.29, 1.82) is 0 Å². The lowest BCUT2D eigenvalue weighted by Gasteiger charge is -2.27. The lowest BCUT2D eigenvalue weighted by atomic mass is 10.2. The van der Waals surface area contributed by atoms with Crippen LogP contribution in [0.1, 0.15) is 50.4 Å². The van der Waals surface area contributed by atoms with Crippen molar-refractivity contribution in [1.82, 2.24) is 9.80 Å². The largest absolute Gasteiger partial charge is 0.467 e. The Balaban J connectivity index is 1.69. The zero-order valence-electron chi connectivity index (χ0n) is 16.0. The molecule has 1 aliphatic carbocycles. The van der Waals surface area contributed by atoms with Crippen LogP contribution in [0.15, 0.2) is 53.1 Å². The molecule has 1 saturated carbocycles. The average Bonchev–Trinajstić information content (AvgIpc) is 3.40. The molecular formula is C22H28N2O3. The summed E-state index contributed by atoms with van der Waals surface area (Å²) in [5, 5.41) is 0. The van der Waals surface area contributed by atoms with Gasteiger partial charge in [0.2, 0.25) is 11.8 Å². The Labute approximate surface area is 160 Å². The smallest absolute Gasteiger partial charge is 0.242 e. The van der Waals surface area contributed by atoms with E-state index >= 15 is 0 Å². The maximum absolute atomic E-state index is 13.1. The van der Waals surface area contributed by atoms with E-state index in [0.29, 0.717) is 19.5 Å². The number of rotatable bonds is 10. The highest BCUT2D eigenvalue weighted by atomic mass is 16.3. The quantitative estimate of drug-likeness (QED) is 0.637. The molecule has 0 aliphatic heterocycles. The zero-order valence-corrected chi connectivity index (χ0v) is 16.0. The Bertz CT molecular complexity index is 723. The fourth-order valence-corrected chi connectivity index (χ4v) is 3.15. The van der Waals surface area contributed by atoms with Crippen LogP contribution in [0, 0.1) is 0 Å². The van der Waals surface area contributed by atoms with Crippen molar-refractivity contribution in [3.8, 4) is 0 Å². The number of hydrogen-bond acceptors (Lipinski definition) is 3. The molecule has 2 aromatic rings. The lowest BCUT2D eigenvalue weighted by Crippen LogP contribution is -2.43. The summed E-state index contributed by atoms with van der Waals surface area (Å²) in [5.41, 5.74) is 1.06. The second kappa shape index (κ2) is 9.40. The topological polar surface area (TPSA) is 53.8 Å². The molecule has 27 heavy (non-hydrogen) atoms. The minimum absolute atomic E-state index is 0.0352. The first-order valence-electron chi connectivity index (χ1n) is 9.81. The fraction of sp³-hybridized carbons (Fsp3) is 0.455. The van der Waals surface area contributed by atoms with E-state index in [0.717, 1.165) is 37.0 Å². The van der Waals surface area contributed by atoms with Crippen LogP contribution < -0.4 is 0 Å². The van der Waals surface area contributed by atoms with Crippen molar-refractivity contribution in [2.75, 3.05) is 6.54 Å². The Kier molecular flexibility index (Phi) is 6.69. The number of nitrogens with zero attached hydrogens (tertiary/aromatic N) is 2. The second-order valence-corrected chi connectivity index (χ2v) is 7.17. The standard InChI is InChI=1S/C22H28N2O3/c1-2-3-11-21(25)24(19-12-13-19)17-22(26)23(16-20-10-7-14-27-20)15-18-8-5-4-6-9-18/h4-10,14,19H,2-3,11-13,15-17H2,1H3. The van der Waals surface area contributed by atoms with Gasteiger partial charge in [0.25, 0.3) is 0 Å². The summed E-state index contributed by atoms with van der Waals surface area (Å²) in [6, 6.07) is 13.8. The van der Waals surface area contributed by atoms with Gasteiger partial charge in [-0.2, -0.15) is 0 Å². The van der Waals surface area contributed by atoms with Crippen LogP contribution in [0.4, 0.5) is 0 Å². The number of benzene rings is 1. The third kappa shape index (κ3) is 5.71. The van der Waals surface area contributed by atoms with E-state index in [1.807, 2.05) is 42.5 Å². The van der Waals surface area contributed by atoms with Crippen LogP contribution >= 0.6 is 0 Å². The van der Waals surface area contributed by atoms with Crippen LogP contribution in [0.2, 0.25) is 0 Å². The Morgan fingerprint density at radius 2 is 1.81 bits per heavy atom. The van der Waals surface area contributed by atoms with E-state index in [1.54, 1.807) is 16.1 Å². The van der Waals surface area contributed by atoms with E-state index < -0.39 is 0 Å². The van der Waals surface area contributed by atoms with E-state index in [4.69, 9.17) is 4.42 Å². The fourth-order valence-electron chi connectivity index (χ4n) is 3.15. The van der Waals surface area contributed by atoms with Crippen LogP contribution in [0.5, 0.6) is 0 Å². The summed E-state index contributed by atoms with van der Waals surface area (Å²) in [5.74, 6) is 0.812. The molecular weight excluding hydrogens is 340 g/mol. The summed E-state index contributed by atoms with van der Waals surface area (Å²) in [4.78, 5) is 29.2. The Morgan fingerprint density at radius 3 is 2.44 bits per heavy atom. The molecule has 3 rings (SSSR count). The van der Waals surface area contributed by atoms with Crippen LogP contribution in [-0.4, -0.2) is 34.2 Å². The molecule has 5 nitrogen and oxygen atoms in total. The highest BCUT2D eigenvalue weighted by molar-refractivity contribution is 5.85. The molecule has 1 aromatic carbocycles. The number of furan rings is 1. The molecule has 0 radical (unpaired) electrons. The molecule has 0 saturated heterocycles. The molecule has 1 aliphatic rings. The van der Waals surface area contributed by atoms with E-state index in [-0.39, 0.29) is 24.4 Å². The van der Waals surface area contributed by atoms with Crippen molar-refractivity contribution in [2.45, 2.75) is 58.2 Å². The molecule has 1 aromatic heterocycles. The van der Waals surface area contributed by atoms with Gasteiger partial charge in [-0.15, -0.1) is 0 Å². The van der Waals surface area contributed by atoms with Crippen molar-refractivity contribution in [3.63, 3.8) is 0 Å². The van der Waals surface area contributed by atoms with Gasteiger partial charge in [0.05, 0.1) is 12.8 Å². The first-order chi connectivity index (χ1) is 13.2. The first kappa shape index (κ1) is 19.2. The third-order valence-corrected chi connectivity index (χ3v) is 4.85. The van der Waals surface area contributed by atoms with E-state index in [1.165, 1.54) is 0 Å². The molecule has 0 bridgehead atoms. The summed E-state index contributed by atoms with van der Waals surface area (Å²) in [6.07, 6.45) is 6.00. The van der Waals surface area contributed by atoms with Gasteiger partial charge in [-0.3, -0.25) is 9.59 Å². The van der Waals surface area contributed by atoms with Crippen molar-refractivity contribution >= 4 is 11.8 Å². The van der Waals surface area contributed by atoms with Gasteiger partial charge in [0, 0.05) is 19.0 Å². The highest BCUT2D eigenvalue weighted by Crippen LogP contribution is 2.28. The van der Waals surface area contributed by atoms with Crippen molar-refractivity contribution < 1.29 is 14.0 Å². The molecule has 0 atom stereocenters. The molecule has 144 valence electrons. The number of carbonyl (C=O) groups excluding carboxylic acids is 2. The van der Waals surface area contributed by atoms with Gasteiger partial charge in [-0.25, -0.2) is 0 Å². The molecule has 1 heterocycles. The monoisotopic (exact) mass is 368 g/mol. The Morgan fingerprint density at radius 1 is 1.04 bits per heavy atom. The van der Waals surface area contributed by atoms with Crippen LogP contribution in [0.25, 0.3) is 0 Å². The lowest BCUT2D eigenvalue weighted by molar-refractivity contribution is -0.142. The van der Waals surface area contributed by atoms with Crippen LogP contribution in [0.3, 0.4) is 0 Å². The number of carbonyl (C=O) groups is 2. The van der Waals surface area contributed by atoms with Gasteiger partial charge in [0.1, 0.15) is 12.3 Å². The maximum Gasteiger partial charge on any atom is 0.242 e. The molecule has 0 N–H and O–H groups in total. The van der Waals surface area contributed by atoms with Gasteiger partial charge >= 0.3 is 0 Å². The summed E-state index contributed by atoms with van der Waals surface area (Å²) >= 11 is 0. The third-order valence-electron chi connectivity index (χ3n) is 4.85. The Hall–Kier alpha value is -2.56. The predicted molar refractivity (Wildman–Crippen MR) is 104 cm³/mol. The van der Waals surface area contributed by atoms with Gasteiger partial charge in [0.15, 0.2) is 0 Å². The first-order valence-corrected chi connectivity index (χ1v) is 9.81. The molecule has 2 amide bonds. The number of unbranched alkanes of at least 4 members (excludes halogenated alkanes) is 1. The second-order valence-electron chi connectivity index (χ2n) is 7.17. The van der Waals surface area contributed by atoms with E-state index in [9.17, 15) is 9.59 Å². The molecule has 0 unspecified atom stereocenters. The summed E-state index contributed by atoms with van der Waals surface area (Å²) in [6.45, 7) is 3.13. The van der Waals surface area contributed by atoms with Gasteiger partial charge in [-0.1, -0.05) is 43.7 Å². The minimum Gasteiger partial charge on any atom is -0.467 e. The summed E-state index contributed by atoms with van der Waals surface area (Å²) in [7, 11) is 0. The van der Waals surface area contributed by atoms with Gasteiger partial charge < -0.3 is 14.2 Å². The van der Waals surface area contributed by atoms with Crippen molar-refractivity contribution in [3.05, 3.63) is 60.1 Å². The SMILES string of the molecule is CCCCC(=O)N(CC(=O)N(Cc1ccccc1)Cc1ccco1)C1CC1. The van der Waals surface area contributed by atoms with E-state index in [2.05, 4.69) is 6.92 Å². The average molecular weight is 368 g/mol. The highest BCUT2D eigenvalue weighted by Gasteiger charge is 2.34. The molecule has 1 fully saturated rings. The normalized spacial score (nSPS) is 13.4. The minimum atomic E-state index is -0.0352. The maximum atomic E-state index is 13.1. The molecule has 5 heteroatoms. The molecule has 0 spiro atoms. The van der Waals surface area contributed by atoms with Crippen molar-refractivity contribution in [2.24, 2.45) is 0 Å². The number of amides is 2. The van der Waals surface area contributed by atoms with Crippen LogP contribution in [-0.2, 0) is 22.7 Å². The van der Waals surface area contributed by atoms with Gasteiger partial charge in [-0.05, 0) is 37.0 Å². The zero-order chi connectivity index (χ0) is 19.1.